The standard InChI is InChI=1S/C25H34N4O5S/c1-24(2,3)33-22(30)28-19(20-14-35-21(27-20)29(7)8)11-15-13-26-18-10-9-16(12-17(15)18)32-23(31)34-25(4,5)6/h9-10,12-14,19,26H,11H2,1-8H3,(H,28,30)/t19-/m0/s1. The summed E-state index contributed by atoms with van der Waals surface area (Å²) in [4.78, 5) is 34.6. The molecule has 0 fully saturated rings. The monoisotopic (exact) mass is 502 g/mol. The molecule has 0 saturated heterocycles. The summed E-state index contributed by atoms with van der Waals surface area (Å²) >= 11 is 1.50. The highest BCUT2D eigenvalue weighted by atomic mass is 32.1. The molecule has 1 amide bonds. The van der Waals surface area contributed by atoms with Crippen LogP contribution in [0.3, 0.4) is 0 Å². The Morgan fingerprint density at radius 2 is 1.80 bits per heavy atom. The van der Waals surface area contributed by atoms with Gasteiger partial charge in [-0.05, 0) is 65.3 Å². The maximum atomic E-state index is 12.6. The van der Waals surface area contributed by atoms with E-state index >= 15 is 0 Å². The first-order chi connectivity index (χ1) is 16.2. The van der Waals surface area contributed by atoms with Crippen molar-refractivity contribution in [2.45, 2.75) is 65.2 Å². The number of fused-ring (bicyclic) bond motifs is 1. The summed E-state index contributed by atoms with van der Waals surface area (Å²) < 4.78 is 16.1. The first-order valence-electron chi connectivity index (χ1n) is 11.3. The fourth-order valence-electron chi connectivity index (χ4n) is 3.30. The number of amides is 1. The van der Waals surface area contributed by atoms with Crippen molar-refractivity contribution in [3.63, 3.8) is 0 Å². The van der Waals surface area contributed by atoms with Crippen LogP contribution in [-0.4, -0.2) is 47.5 Å². The summed E-state index contributed by atoms with van der Waals surface area (Å²) in [6.07, 6.45) is 1.05. The van der Waals surface area contributed by atoms with Gasteiger partial charge in [-0.3, -0.25) is 0 Å². The van der Waals surface area contributed by atoms with Gasteiger partial charge in [-0.1, -0.05) is 0 Å². The summed E-state index contributed by atoms with van der Waals surface area (Å²) in [6, 6.07) is 4.89. The Labute approximate surface area is 209 Å². The second-order valence-electron chi connectivity index (χ2n) is 10.4. The van der Waals surface area contributed by atoms with Crippen molar-refractivity contribution in [1.29, 1.82) is 0 Å². The molecule has 1 atom stereocenters. The average Bonchev–Trinajstić information content (AvgIpc) is 3.32. The zero-order valence-corrected chi connectivity index (χ0v) is 22.3. The van der Waals surface area contributed by atoms with Crippen LogP contribution in [0.15, 0.2) is 29.8 Å². The second-order valence-corrected chi connectivity index (χ2v) is 11.3. The van der Waals surface area contributed by atoms with Gasteiger partial charge < -0.3 is 29.4 Å². The second kappa shape index (κ2) is 10.2. The molecule has 2 aromatic heterocycles. The highest BCUT2D eigenvalue weighted by Gasteiger charge is 2.24. The van der Waals surface area contributed by atoms with E-state index in [0.29, 0.717) is 12.2 Å². The summed E-state index contributed by atoms with van der Waals surface area (Å²) in [5.41, 5.74) is 1.26. The molecule has 0 aliphatic rings. The molecule has 2 N–H and O–H groups in total. The SMILES string of the molecule is CN(C)c1nc([C@H](Cc2c[nH]c3ccc(OC(=O)OC(C)(C)C)cc23)NC(=O)OC(C)(C)C)cs1. The van der Waals surface area contributed by atoms with Gasteiger partial charge in [-0.2, -0.15) is 0 Å². The topological polar surface area (TPSA) is 106 Å². The van der Waals surface area contributed by atoms with Gasteiger partial charge in [0.1, 0.15) is 17.0 Å². The molecule has 2 heterocycles. The van der Waals surface area contributed by atoms with Gasteiger partial charge in [0.25, 0.3) is 0 Å². The van der Waals surface area contributed by atoms with E-state index in [-0.39, 0.29) is 0 Å². The molecule has 0 bridgehead atoms. The number of nitrogens with one attached hydrogen (secondary N) is 2. The minimum absolute atomic E-state index is 0.368. The lowest BCUT2D eigenvalue weighted by molar-refractivity contribution is 0.0206. The van der Waals surface area contributed by atoms with Crippen LogP contribution in [0.25, 0.3) is 10.9 Å². The first kappa shape index (κ1) is 26.3. The number of nitrogens with zero attached hydrogens (tertiary/aromatic N) is 2. The van der Waals surface area contributed by atoms with E-state index in [1.807, 2.05) is 57.4 Å². The predicted octanol–water partition coefficient (Wildman–Crippen LogP) is 5.81. The van der Waals surface area contributed by atoms with E-state index in [9.17, 15) is 9.59 Å². The van der Waals surface area contributed by atoms with E-state index < -0.39 is 29.5 Å². The number of thiazole rings is 1. The Balaban J connectivity index is 1.87. The van der Waals surface area contributed by atoms with Crippen LogP contribution in [0.2, 0.25) is 0 Å². The average molecular weight is 503 g/mol. The fourth-order valence-corrected chi connectivity index (χ4v) is 4.11. The predicted molar refractivity (Wildman–Crippen MR) is 137 cm³/mol. The number of carbonyl (C=O) groups excluding carboxylic acids is 2. The smallest absolute Gasteiger partial charge is 0.444 e. The van der Waals surface area contributed by atoms with Crippen molar-refractivity contribution < 1.29 is 23.8 Å². The first-order valence-corrected chi connectivity index (χ1v) is 12.2. The fraction of sp³-hybridized carbons (Fsp3) is 0.480. The summed E-state index contributed by atoms with van der Waals surface area (Å²) in [6.45, 7) is 10.8. The zero-order valence-electron chi connectivity index (χ0n) is 21.5. The molecule has 3 rings (SSSR count). The van der Waals surface area contributed by atoms with Crippen molar-refractivity contribution in [3.8, 4) is 5.75 Å². The van der Waals surface area contributed by atoms with Gasteiger partial charge in [-0.15, -0.1) is 11.3 Å². The van der Waals surface area contributed by atoms with Gasteiger partial charge >= 0.3 is 12.2 Å². The van der Waals surface area contributed by atoms with Crippen LogP contribution in [0.1, 0.15) is 58.8 Å². The molecule has 9 nitrogen and oxygen atoms in total. The number of H-pyrrole nitrogens is 1. The quantitative estimate of drug-likeness (QED) is 0.323. The largest absolute Gasteiger partial charge is 0.514 e. The van der Waals surface area contributed by atoms with Gasteiger partial charge in [0.15, 0.2) is 5.13 Å². The Hall–Kier alpha value is -3.27. The maximum absolute atomic E-state index is 12.6. The molecule has 0 spiro atoms. The van der Waals surface area contributed by atoms with Crippen molar-refractivity contribution in [2.75, 3.05) is 19.0 Å². The molecule has 0 radical (unpaired) electrons. The number of hydrogen-bond acceptors (Lipinski definition) is 8. The molecule has 35 heavy (non-hydrogen) atoms. The third kappa shape index (κ3) is 7.61. The minimum atomic E-state index is -0.767. The molecule has 0 unspecified atom stereocenters. The molecular weight excluding hydrogens is 468 g/mol. The van der Waals surface area contributed by atoms with Gasteiger partial charge in [-0.25, -0.2) is 14.6 Å². The maximum Gasteiger partial charge on any atom is 0.514 e. The number of aromatic amines is 1. The van der Waals surface area contributed by atoms with Crippen LogP contribution in [0, 0.1) is 0 Å². The molecule has 0 aliphatic carbocycles. The Morgan fingerprint density at radius 1 is 1.11 bits per heavy atom. The Kier molecular flexibility index (Phi) is 7.64. The van der Waals surface area contributed by atoms with E-state index in [2.05, 4.69) is 15.3 Å². The molecule has 3 aromatic rings. The van der Waals surface area contributed by atoms with Crippen LogP contribution >= 0.6 is 11.3 Å². The zero-order chi connectivity index (χ0) is 26.0. The summed E-state index contributed by atoms with van der Waals surface area (Å²) in [7, 11) is 3.84. The number of aromatic nitrogens is 2. The number of benzene rings is 1. The van der Waals surface area contributed by atoms with Gasteiger partial charge in [0.05, 0.1) is 11.7 Å². The molecule has 1 aromatic carbocycles. The van der Waals surface area contributed by atoms with E-state index in [4.69, 9.17) is 14.2 Å². The van der Waals surface area contributed by atoms with E-state index in [0.717, 1.165) is 27.3 Å². The third-order valence-corrected chi connectivity index (χ3v) is 5.72. The molecular formula is C25H34N4O5S. The summed E-state index contributed by atoms with van der Waals surface area (Å²) in [5.74, 6) is 0.368. The lowest BCUT2D eigenvalue weighted by Gasteiger charge is -2.23. The molecule has 0 aliphatic heterocycles. The number of ether oxygens (including phenoxy) is 3. The molecule has 0 saturated carbocycles. The van der Waals surface area contributed by atoms with Crippen LogP contribution in [0.4, 0.5) is 14.7 Å². The number of anilines is 1. The van der Waals surface area contributed by atoms with Crippen LogP contribution < -0.4 is 15.0 Å². The summed E-state index contributed by atoms with van der Waals surface area (Å²) in [5, 5.41) is 6.60. The van der Waals surface area contributed by atoms with Crippen LogP contribution in [0.5, 0.6) is 5.75 Å². The Bertz CT molecular complexity index is 1190. The highest BCUT2D eigenvalue weighted by Crippen LogP contribution is 2.30. The molecule has 190 valence electrons. The van der Waals surface area contributed by atoms with Crippen molar-refractivity contribution in [3.05, 3.63) is 41.0 Å². The minimum Gasteiger partial charge on any atom is -0.444 e. The number of hydrogen-bond donors (Lipinski definition) is 2. The lowest BCUT2D eigenvalue weighted by atomic mass is 10.0. The van der Waals surface area contributed by atoms with Crippen molar-refractivity contribution >= 4 is 39.6 Å². The Morgan fingerprint density at radius 3 is 2.40 bits per heavy atom. The number of rotatable bonds is 6. The lowest BCUT2D eigenvalue weighted by Crippen LogP contribution is -2.36. The third-order valence-electron chi connectivity index (χ3n) is 4.69. The van der Waals surface area contributed by atoms with Crippen molar-refractivity contribution in [2.24, 2.45) is 0 Å². The van der Waals surface area contributed by atoms with Gasteiger partial charge in [0, 0.05) is 43.0 Å². The number of carbonyl (C=O) groups is 2. The van der Waals surface area contributed by atoms with E-state index in [1.165, 1.54) is 11.3 Å². The normalized spacial score (nSPS) is 12.8. The number of alkyl carbamates (subject to hydrolysis) is 1. The van der Waals surface area contributed by atoms with Crippen LogP contribution in [-0.2, 0) is 15.9 Å². The van der Waals surface area contributed by atoms with Crippen molar-refractivity contribution in [1.82, 2.24) is 15.3 Å². The van der Waals surface area contributed by atoms with Gasteiger partial charge in [0.2, 0.25) is 0 Å². The highest BCUT2D eigenvalue weighted by molar-refractivity contribution is 7.13. The van der Waals surface area contributed by atoms with E-state index in [1.54, 1.807) is 32.9 Å². The molecule has 10 heteroatoms.